The Morgan fingerprint density at radius 3 is 2.55 bits per heavy atom. The zero-order valence-electron chi connectivity index (χ0n) is 13.3. The summed E-state index contributed by atoms with van der Waals surface area (Å²) < 4.78 is 5.42. The molecule has 1 unspecified atom stereocenters. The molecule has 1 rings (SSSR count). The van der Waals surface area contributed by atoms with Gasteiger partial charge < -0.3 is 15.4 Å². The number of para-hydroxylation sites is 1. The van der Waals surface area contributed by atoms with Gasteiger partial charge in [0.05, 0.1) is 7.11 Å². The molecule has 1 aromatic rings. The molecule has 20 heavy (non-hydrogen) atoms. The Morgan fingerprint density at radius 1 is 1.15 bits per heavy atom. The maximum absolute atomic E-state index is 5.51. The van der Waals surface area contributed by atoms with Crippen LogP contribution in [-0.2, 0) is 6.42 Å². The second-order valence-corrected chi connectivity index (χ2v) is 5.55. The van der Waals surface area contributed by atoms with Gasteiger partial charge in [-0.05, 0) is 58.0 Å². The quantitative estimate of drug-likeness (QED) is 0.668. The molecule has 3 nitrogen and oxygen atoms in total. The molecule has 0 aromatic heterocycles. The number of benzene rings is 1. The molecule has 2 N–H and O–H groups in total. The lowest BCUT2D eigenvalue weighted by atomic mass is 10.0. The summed E-state index contributed by atoms with van der Waals surface area (Å²) in [5.41, 5.74) is 6.80. The van der Waals surface area contributed by atoms with Crippen LogP contribution in [0.25, 0.3) is 0 Å². The number of unbranched alkanes of at least 4 members (excludes halogenated alkanes) is 3. The van der Waals surface area contributed by atoms with E-state index in [1.807, 2.05) is 12.1 Å². The lowest BCUT2D eigenvalue weighted by molar-refractivity contribution is 0.249. The summed E-state index contributed by atoms with van der Waals surface area (Å²) in [4.78, 5) is 2.44. The van der Waals surface area contributed by atoms with Crippen LogP contribution in [0.2, 0.25) is 0 Å². The lowest BCUT2D eigenvalue weighted by Crippen LogP contribution is -2.31. The molecule has 0 aliphatic carbocycles. The van der Waals surface area contributed by atoms with Gasteiger partial charge in [0.1, 0.15) is 5.75 Å². The van der Waals surface area contributed by atoms with E-state index in [0.29, 0.717) is 6.04 Å². The predicted molar refractivity (Wildman–Crippen MR) is 86.3 cm³/mol. The van der Waals surface area contributed by atoms with E-state index in [1.54, 1.807) is 7.11 Å². The highest BCUT2D eigenvalue weighted by Gasteiger charge is 2.12. The number of hydrogen-bond acceptors (Lipinski definition) is 3. The third-order valence-corrected chi connectivity index (χ3v) is 3.93. The average molecular weight is 278 g/mol. The monoisotopic (exact) mass is 278 g/mol. The van der Waals surface area contributed by atoms with Crippen molar-refractivity contribution in [2.45, 2.75) is 45.1 Å². The van der Waals surface area contributed by atoms with Crippen molar-refractivity contribution in [3.05, 3.63) is 29.8 Å². The van der Waals surface area contributed by atoms with E-state index >= 15 is 0 Å². The summed E-state index contributed by atoms with van der Waals surface area (Å²) in [6.45, 7) is 4.26. The first-order valence-electron chi connectivity index (χ1n) is 7.71. The number of methoxy groups -OCH3 is 1. The molecule has 0 saturated heterocycles. The zero-order valence-corrected chi connectivity index (χ0v) is 13.3. The maximum atomic E-state index is 5.51. The first-order chi connectivity index (χ1) is 9.69. The highest BCUT2D eigenvalue weighted by Crippen LogP contribution is 2.20. The molecule has 0 spiro atoms. The molecule has 3 heteroatoms. The number of rotatable bonds is 10. The molecular weight excluding hydrogens is 248 g/mol. The Hall–Kier alpha value is -1.06. The fourth-order valence-electron chi connectivity index (χ4n) is 2.43. The molecule has 1 atom stereocenters. The second-order valence-electron chi connectivity index (χ2n) is 5.55. The van der Waals surface area contributed by atoms with Crippen molar-refractivity contribution in [3.8, 4) is 5.75 Å². The molecule has 0 saturated carbocycles. The fraction of sp³-hybridized carbons (Fsp3) is 0.647. The van der Waals surface area contributed by atoms with Gasteiger partial charge in [0, 0.05) is 6.04 Å². The molecule has 0 bridgehead atoms. The average Bonchev–Trinajstić information content (AvgIpc) is 2.47. The first kappa shape index (κ1) is 17.0. The minimum atomic E-state index is 0.529. The van der Waals surface area contributed by atoms with Crippen molar-refractivity contribution in [1.29, 1.82) is 0 Å². The summed E-state index contributed by atoms with van der Waals surface area (Å²) in [6, 6.07) is 8.83. The maximum Gasteiger partial charge on any atom is 0.122 e. The topological polar surface area (TPSA) is 38.5 Å². The van der Waals surface area contributed by atoms with Crippen LogP contribution in [0.5, 0.6) is 5.75 Å². The summed E-state index contributed by atoms with van der Waals surface area (Å²) in [7, 11) is 3.95. The van der Waals surface area contributed by atoms with Gasteiger partial charge in [-0.2, -0.15) is 0 Å². The molecule has 1 aromatic carbocycles. The summed E-state index contributed by atoms with van der Waals surface area (Å²) >= 11 is 0. The zero-order chi connectivity index (χ0) is 14.8. The predicted octanol–water partition coefficient (Wildman–Crippen LogP) is 3.08. The van der Waals surface area contributed by atoms with Gasteiger partial charge in [-0.1, -0.05) is 31.0 Å². The molecular formula is C17H30N2O. The molecule has 0 radical (unpaired) electrons. The van der Waals surface area contributed by atoms with E-state index in [0.717, 1.165) is 31.7 Å². The van der Waals surface area contributed by atoms with Crippen molar-refractivity contribution >= 4 is 0 Å². The molecule has 0 aliphatic rings. The Labute approximate surface area is 124 Å². The van der Waals surface area contributed by atoms with Crippen LogP contribution < -0.4 is 10.5 Å². The third-order valence-electron chi connectivity index (χ3n) is 3.93. The van der Waals surface area contributed by atoms with Crippen molar-refractivity contribution in [3.63, 3.8) is 0 Å². The number of ether oxygens (including phenoxy) is 1. The van der Waals surface area contributed by atoms with E-state index in [1.165, 1.54) is 24.8 Å². The number of likely N-dealkylation sites (N-methyl/N-ethyl adjacent to an activating group) is 1. The van der Waals surface area contributed by atoms with Gasteiger partial charge >= 0.3 is 0 Å². The minimum Gasteiger partial charge on any atom is -0.496 e. The van der Waals surface area contributed by atoms with Crippen LogP contribution in [-0.4, -0.2) is 38.2 Å². The molecule has 114 valence electrons. The van der Waals surface area contributed by atoms with Gasteiger partial charge in [-0.3, -0.25) is 0 Å². The minimum absolute atomic E-state index is 0.529. The number of nitrogens with zero attached hydrogens (tertiary/aromatic N) is 1. The Balaban J connectivity index is 2.35. The SMILES string of the molecule is COc1ccccc1CC(C)N(C)CCCCCCN. The van der Waals surface area contributed by atoms with Gasteiger partial charge in [-0.15, -0.1) is 0 Å². The molecule has 0 aliphatic heterocycles. The Bertz CT molecular complexity index is 368. The smallest absolute Gasteiger partial charge is 0.122 e. The van der Waals surface area contributed by atoms with E-state index in [4.69, 9.17) is 10.5 Å². The van der Waals surface area contributed by atoms with E-state index < -0.39 is 0 Å². The van der Waals surface area contributed by atoms with Crippen molar-refractivity contribution < 1.29 is 4.74 Å². The van der Waals surface area contributed by atoms with E-state index in [9.17, 15) is 0 Å². The summed E-state index contributed by atoms with van der Waals surface area (Å²) in [5.74, 6) is 0.996. The normalized spacial score (nSPS) is 12.7. The molecule has 0 heterocycles. The standard InChI is InChI=1S/C17H30N2O/c1-15(19(2)13-9-5-4-8-12-18)14-16-10-6-7-11-17(16)20-3/h6-7,10-11,15H,4-5,8-9,12-14,18H2,1-3H3. The third kappa shape index (κ3) is 5.93. The first-order valence-corrected chi connectivity index (χ1v) is 7.71. The van der Waals surface area contributed by atoms with Gasteiger partial charge in [0.25, 0.3) is 0 Å². The second kappa shape index (κ2) is 9.78. The van der Waals surface area contributed by atoms with Crippen LogP contribution in [0.1, 0.15) is 38.2 Å². The van der Waals surface area contributed by atoms with Crippen LogP contribution in [0.4, 0.5) is 0 Å². The fourth-order valence-corrected chi connectivity index (χ4v) is 2.43. The van der Waals surface area contributed by atoms with Crippen LogP contribution in [0.3, 0.4) is 0 Å². The van der Waals surface area contributed by atoms with Crippen molar-refractivity contribution in [1.82, 2.24) is 4.90 Å². The van der Waals surface area contributed by atoms with Gasteiger partial charge in [-0.25, -0.2) is 0 Å². The number of hydrogen-bond donors (Lipinski definition) is 1. The largest absolute Gasteiger partial charge is 0.496 e. The van der Waals surface area contributed by atoms with Crippen molar-refractivity contribution in [2.75, 3.05) is 27.2 Å². The number of nitrogens with two attached hydrogens (primary N) is 1. The Morgan fingerprint density at radius 2 is 1.85 bits per heavy atom. The van der Waals surface area contributed by atoms with Gasteiger partial charge in [0.2, 0.25) is 0 Å². The molecule has 0 amide bonds. The van der Waals surface area contributed by atoms with E-state index in [2.05, 4.69) is 31.0 Å². The van der Waals surface area contributed by atoms with Crippen LogP contribution in [0.15, 0.2) is 24.3 Å². The highest BCUT2D eigenvalue weighted by atomic mass is 16.5. The molecule has 0 fully saturated rings. The Kier molecular flexibility index (Phi) is 8.31. The summed E-state index contributed by atoms with van der Waals surface area (Å²) in [5, 5.41) is 0. The van der Waals surface area contributed by atoms with Crippen LogP contribution in [0, 0.1) is 0 Å². The summed E-state index contributed by atoms with van der Waals surface area (Å²) in [6.07, 6.45) is 5.98. The highest BCUT2D eigenvalue weighted by molar-refractivity contribution is 5.33. The lowest BCUT2D eigenvalue weighted by Gasteiger charge is -2.25. The van der Waals surface area contributed by atoms with Crippen LogP contribution >= 0.6 is 0 Å². The van der Waals surface area contributed by atoms with Gasteiger partial charge in [0.15, 0.2) is 0 Å². The van der Waals surface area contributed by atoms with E-state index in [-0.39, 0.29) is 0 Å². The van der Waals surface area contributed by atoms with Crippen molar-refractivity contribution in [2.24, 2.45) is 5.73 Å².